The Morgan fingerprint density at radius 2 is 1.83 bits per heavy atom. The van der Waals surface area contributed by atoms with Gasteiger partial charge in [-0.2, -0.15) is 0 Å². The van der Waals surface area contributed by atoms with Gasteiger partial charge in [0.1, 0.15) is 18.0 Å². The number of carboxylic acids is 1. The molecule has 12 heteroatoms. The normalized spacial score (nSPS) is 21.7. The molecule has 222 valence electrons. The molecule has 2 amide bonds. The first-order chi connectivity index (χ1) is 19.1. The van der Waals surface area contributed by atoms with E-state index in [1.807, 2.05) is 20.8 Å². The van der Waals surface area contributed by atoms with E-state index in [0.29, 0.717) is 30.6 Å². The number of benzene rings is 2. The smallest absolute Gasteiger partial charge is 0.481 e. The lowest BCUT2D eigenvalue weighted by atomic mass is 9.94. The number of nitrogens with zero attached hydrogens (tertiary/aromatic N) is 2. The maximum Gasteiger partial charge on any atom is 0.573 e. The minimum atomic E-state index is -4.99. The number of aliphatic carboxylic acids is 1. The van der Waals surface area contributed by atoms with E-state index in [9.17, 15) is 32.7 Å². The highest BCUT2D eigenvalue weighted by Crippen LogP contribution is 2.44. The van der Waals surface area contributed by atoms with Gasteiger partial charge in [-0.25, -0.2) is 0 Å². The third kappa shape index (κ3) is 7.51. The van der Waals surface area contributed by atoms with Crippen molar-refractivity contribution >= 4 is 35.1 Å². The standard InChI is InChI=1S/C29H32ClF3N2O6/c1-28(2,3)16-35-21-11-10-18(30)13-20(21)25(19-8-4-5-9-22(19)41-29(31,32)33)40-23(26(35)37)14-24(36)34-12-6-7-17(15-34)27(38)39/h4-5,8-11,13,17,23,25H,6-7,12,14-16H2,1-3H3,(H,38,39)/t17?,23-,25-/m0/s1. The molecule has 3 atom stereocenters. The predicted octanol–water partition coefficient (Wildman–Crippen LogP) is 5.82. The molecule has 2 aromatic carbocycles. The van der Waals surface area contributed by atoms with Crippen molar-refractivity contribution in [2.75, 3.05) is 24.5 Å². The molecule has 0 aromatic heterocycles. The van der Waals surface area contributed by atoms with Crippen LogP contribution >= 0.6 is 11.6 Å². The summed E-state index contributed by atoms with van der Waals surface area (Å²) in [6, 6.07) is 10.2. The van der Waals surface area contributed by atoms with Gasteiger partial charge in [-0.1, -0.05) is 50.6 Å². The molecule has 2 aromatic rings. The van der Waals surface area contributed by atoms with Crippen molar-refractivity contribution in [3.8, 4) is 5.75 Å². The molecule has 4 rings (SSSR count). The fraction of sp³-hybridized carbons (Fsp3) is 0.483. The van der Waals surface area contributed by atoms with Gasteiger partial charge in [0.25, 0.3) is 5.91 Å². The highest BCUT2D eigenvalue weighted by Gasteiger charge is 2.42. The molecule has 1 fully saturated rings. The Morgan fingerprint density at radius 1 is 1.12 bits per heavy atom. The number of carboxylic acid groups (broad SMARTS) is 1. The Kier molecular flexibility index (Phi) is 8.89. The van der Waals surface area contributed by atoms with Crippen LogP contribution in [-0.2, 0) is 19.1 Å². The number of amides is 2. The highest BCUT2D eigenvalue weighted by atomic mass is 35.5. The fourth-order valence-electron chi connectivity index (χ4n) is 5.19. The van der Waals surface area contributed by atoms with E-state index < -0.39 is 59.9 Å². The van der Waals surface area contributed by atoms with Crippen LogP contribution in [-0.4, -0.2) is 59.9 Å². The van der Waals surface area contributed by atoms with Crippen LogP contribution in [0.2, 0.25) is 5.02 Å². The van der Waals surface area contributed by atoms with Crippen molar-refractivity contribution in [2.24, 2.45) is 11.3 Å². The largest absolute Gasteiger partial charge is 0.573 e. The van der Waals surface area contributed by atoms with Crippen LogP contribution < -0.4 is 9.64 Å². The van der Waals surface area contributed by atoms with Gasteiger partial charge in [-0.15, -0.1) is 13.2 Å². The number of rotatable bonds is 6. The Balaban J connectivity index is 1.79. The summed E-state index contributed by atoms with van der Waals surface area (Å²) < 4.78 is 50.6. The lowest BCUT2D eigenvalue weighted by Gasteiger charge is -2.33. The van der Waals surface area contributed by atoms with E-state index in [1.165, 1.54) is 34.1 Å². The van der Waals surface area contributed by atoms with E-state index in [1.54, 1.807) is 12.1 Å². The van der Waals surface area contributed by atoms with Gasteiger partial charge in [0, 0.05) is 41.5 Å². The zero-order valence-electron chi connectivity index (χ0n) is 22.9. The van der Waals surface area contributed by atoms with E-state index in [2.05, 4.69) is 4.74 Å². The fourth-order valence-corrected chi connectivity index (χ4v) is 5.37. The third-order valence-electron chi connectivity index (χ3n) is 6.95. The molecule has 0 radical (unpaired) electrons. The number of ether oxygens (including phenoxy) is 2. The number of carbonyl (C=O) groups excluding carboxylic acids is 2. The predicted molar refractivity (Wildman–Crippen MR) is 145 cm³/mol. The number of carbonyl (C=O) groups is 3. The van der Waals surface area contributed by atoms with E-state index in [4.69, 9.17) is 16.3 Å². The molecule has 0 aliphatic carbocycles. The second-order valence-electron chi connectivity index (χ2n) is 11.5. The number of anilines is 1. The number of hydrogen-bond acceptors (Lipinski definition) is 5. The Hall–Kier alpha value is -3.31. The second-order valence-corrected chi connectivity index (χ2v) is 11.9. The summed E-state index contributed by atoms with van der Waals surface area (Å²) in [5.74, 6) is -3.26. The monoisotopic (exact) mass is 596 g/mol. The number of fused-ring (bicyclic) bond motifs is 1. The summed E-state index contributed by atoms with van der Waals surface area (Å²) in [7, 11) is 0. The molecule has 1 unspecified atom stereocenters. The van der Waals surface area contributed by atoms with E-state index >= 15 is 0 Å². The molecule has 2 aliphatic rings. The maximum atomic E-state index is 14.0. The summed E-state index contributed by atoms with van der Waals surface area (Å²) in [6.07, 6.45) is -7.12. The minimum absolute atomic E-state index is 0.000105. The lowest BCUT2D eigenvalue weighted by molar-refractivity contribution is -0.275. The number of para-hydroxylation sites is 1. The molecule has 8 nitrogen and oxygen atoms in total. The van der Waals surface area contributed by atoms with Gasteiger partial charge in [0.2, 0.25) is 5.91 Å². The van der Waals surface area contributed by atoms with Crippen LogP contribution in [0, 0.1) is 11.3 Å². The molecule has 41 heavy (non-hydrogen) atoms. The zero-order valence-corrected chi connectivity index (χ0v) is 23.7. The third-order valence-corrected chi connectivity index (χ3v) is 7.18. The first kappa shape index (κ1) is 30.6. The molecule has 0 saturated carbocycles. The van der Waals surface area contributed by atoms with Crippen molar-refractivity contribution in [3.63, 3.8) is 0 Å². The summed E-state index contributed by atoms with van der Waals surface area (Å²) in [5, 5.41) is 9.72. The average molecular weight is 597 g/mol. The van der Waals surface area contributed by atoms with Crippen molar-refractivity contribution in [3.05, 3.63) is 58.6 Å². The zero-order chi connectivity index (χ0) is 30.1. The first-order valence-corrected chi connectivity index (χ1v) is 13.6. The van der Waals surface area contributed by atoms with Crippen molar-refractivity contribution in [1.82, 2.24) is 4.90 Å². The molecule has 0 bridgehead atoms. The maximum absolute atomic E-state index is 14.0. The van der Waals surface area contributed by atoms with Crippen LogP contribution in [0.3, 0.4) is 0 Å². The van der Waals surface area contributed by atoms with Crippen molar-refractivity contribution in [2.45, 2.75) is 58.6 Å². The molecule has 1 N–H and O–H groups in total. The van der Waals surface area contributed by atoms with Gasteiger partial charge in [0.15, 0.2) is 0 Å². The van der Waals surface area contributed by atoms with Gasteiger partial charge >= 0.3 is 12.3 Å². The van der Waals surface area contributed by atoms with Crippen LogP contribution in [0.4, 0.5) is 18.9 Å². The Bertz CT molecular complexity index is 1310. The van der Waals surface area contributed by atoms with Crippen LogP contribution in [0.15, 0.2) is 42.5 Å². The molecule has 2 heterocycles. The summed E-state index contributed by atoms with van der Waals surface area (Å²) in [5.41, 5.74) is 0.326. The second kappa shape index (κ2) is 11.9. The summed E-state index contributed by atoms with van der Waals surface area (Å²) in [6.45, 7) is 6.31. The Morgan fingerprint density at radius 3 is 2.49 bits per heavy atom. The topological polar surface area (TPSA) is 96.4 Å². The number of piperidine rings is 1. The van der Waals surface area contributed by atoms with E-state index in [0.717, 1.165) is 6.07 Å². The minimum Gasteiger partial charge on any atom is -0.481 e. The van der Waals surface area contributed by atoms with Crippen molar-refractivity contribution in [1.29, 1.82) is 0 Å². The van der Waals surface area contributed by atoms with Gasteiger partial charge in [-0.3, -0.25) is 14.4 Å². The Labute approximate surface area is 241 Å². The summed E-state index contributed by atoms with van der Waals surface area (Å²) >= 11 is 6.33. The number of likely N-dealkylation sites (tertiary alicyclic amines) is 1. The number of halogens is 4. The van der Waals surface area contributed by atoms with Crippen LogP contribution in [0.5, 0.6) is 5.75 Å². The molecule has 2 aliphatic heterocycles. The molecule has 1 saturated heterocycles. The average Bonchev–Trinajstić information content (AvgIpc) is 2.98. The van der Waals surface area contributed by atoms with E-state index in [-0.39, 0.29) is 23.7 Å². The molecule has 0 spiro atoms. The van der Waals surface area contributed by atoms with Gasteiger partial charge in [-0.05, 0) is 42.5 Å². The highest BCUT2D eigenvalue weighted by molar-refractivity contribution is 6.30. The van der Waals surface area contributed by atoms with Gasteiger partial charge < -0.3 is 24.4 Å². The molecular formula is C29H32ClF3N2O6. The van der Waals surface area contributed by atoms with Gasteiger partial charge in [0.05, 0.1) is 12.3 Å². The summed E-state index contributed by atoms with van der Waals surface area (Å²) in [4.78, 5) is 41.9. The van der Waals surface area contributed by atoms with Crippen LogP contribution in [0.1, 0.15) is 57.3 Å². The van der Waals surface area contributed by atoms with Crippen LogP contribution in [0.25, 0.3) is 0 Å². The first-order valence-electron chi connectivity index (χ1n) is 13.2. The quantitative estimate of drug-likeness (QED) is 0.451. The SMILES string of the molecule is CC(C)(C)CN1C(=O)[C@H](CC(=O)N2CCCC(C(=O)O)C2)O[C@@H](c2ccccc2OC(F)(F)F)c2cc(Cl)ccc21. The number of alkyl halides is 3. The lowest BCUT2D eigenvalue weighted by Crippen LogP contribution is -2.47. The number of hydrogen-bond donors (Lipinski definition) is 1. The van der Waals surface area contributed by atoms with Crippen molar-refractivity contribution < 1.29 is 42.1 Å². The molecular weight excluding hydrogens is 565 g/mol.